The first kappa shape index (κ1) is 13.5. The van der Waals surface area contributed by atoms with Crippen molar-refractivity contribution in [1.82, 2.24) is 15.1 Å². The number of rotatable bonds is 5. The topological polar surface area (TPSA) is 29.9 Å². The quantitative estimate of drug-likeness (QED) is 0.862. The standard InChI is InChI=1S/C12H22ClN3/c1-8(2)6-10(14-4)7-11-12(13)9(3)15-16(11)5/h8,10,14H,6-7H2,1-5H3. The van der Waals surface area contributed by atoms with Gasteiger partial charge in [0.05, 0.1) is 16.4 Å². The number of aromatic nitrogens is 2. The van der Waals surface area contributed by atoms with Crippen LogP contribution in [0.15, 0.2) is 0 Å². The van der Waals surface area contributed by atoms with E-state index in [2.05, 4.69) is 24.3 Å². The van der Waals surface area contributed by atoms with Gasteiger partial charge >= 0.3 is 0 Å². The fourth-order valence-corrected chi connectivity index (χ4v) is 2.24. The molecule has 3 nitrogen and oxygen atoms in total. The second kappa shape index (κ2) is 5.69. The molecule has 0 amide bonds. The lowest BCUT2D eigenvalue weighted by molar-refractivity contribution is 0.433. The van der Waals surface area contributed by atoms with Gasteiger partial charge in [0.15, 0.2) is 0 Å². The Kier molecular flexibility index (Phi) is 4.81. The maximum Gasteiger partial charge on any atom is 0.0847 e. The Morgan fingerprint density at radius 3 is 2.44 bits per heavy atom. The molecule has 1 atom stereocenters. The fraction of sp³-hybridized carbons (Fsp3) is 0.750. The normalized spacial score (nSPS) is 13.4. The van der Waals surface area contributed by atoms with Crippen LogP contribution in [0.2, 0.25) is 5.02 Å². The molecule has 0 fully saturated rings. The lowest BCUT2D eigenvalue weighted by Crippen LogP contribution is -2.30. The van der Waals surface area contributed by atoms with Crippen LogP contribution in [0, 0.1) is 12.8 Å². The number of nitrogens with one attached hydrogen (secondary N) is 1. The van der Waals surface area contributed by atoms with Crippen LogP contribution in [-0.4, -0.2) is 22.9 Å². The predicted octanol–water partition coefficient (Wildman–Crippen LogP) is 2.56. The lowest BCUT2D eigenvalue weighted by Gasteiger charge is -2.18. The second-order valence-electron chi connectivity index (χ2n) is 4.79. The summed E-state index contributed by atoms with van der Waals surface area (Å²) in [7, 11) is 3.96. The molecule has 0 spiro atoms. The third-order valence-electron chi connectivity index (χ3n) is 2.87. The molecule has 0 bridgehead atoms. The molecule has 0 aliphatic rings. The first-order chi connectivity index (χ1) is 7.45. The summed E-state index contributed by atoms with van der Waals surface area (Å²) in [5.74, 6) is 0.686. The molecule has 1 unspecified atom stereocenters. The Bertz CT molecular complexity index is 344. The summed E-state index contributed by atoms with van der Waals surface area (Å²) in [5, 5.41) is 8.49. The summed E-state index contributed by atoms with van der Waals surface area (Å²) in [6, 6.07) is 0.465. The van der Waals surface area contributed by atoms with E-state index >= 15 is 0 Å². The molecule has 16 heavy (non-hydrogen) atoms. The molecular weight excluding hydrogens is 222 g/mol. The summed E-state index contributed by atoms with van der Waals surface area (Å²) >= 11 is 6.24. The zero-order valence-corrected chi connectivity index (χ0v) is 11.6. The molecule has 1 aromatic heterocycles. The molecule has 1 N–H and O–H groups in total. The highest BCUT2D eigenvalue weighted by Crippen LogP contribution is 2.22. The van der Waals surface area contributed by atoms with Crippen molar-refractivity contribution in [3.05, 3.63) is 16.4 Å². The zero-order valence-electron chi connectivity index (χ0n) is 10.8. The van der Waals surface area contributed by atoms with Gasteiger partial charge in [-0.1, -0.05) is 25.4 Å². The van der Waals surface area contributed by atoms with Gasteiger partial charge in [-0.2, -0.15) is 5.10 Å². The molecule has 4 heteroatoms. The van der Waals surface area contributed by atoms with Gasteiger partial charge in [0.1, 0.15) is 0 Å². The summed E-state index contributed by atoms with van der Waals surface area (Å²) < 4.78 is 1.89. The molecule has 1 aromatic rings. The Labute approximate surface area is 103 Å². The van der Waals surface area contributed by atoms with Gasteiger partial charge in [-0.25, -0.2) is 0 Å². The highest BCUT2D eigenvalue weighted by Gasteiger charge is 2.16. The van der Waals surface area contributed by atoms with Crippen molar-refractivity contribution in [3.8, 4) is 0 Å². The monoisotopic (exact) mass is 243 g/mol. The first-order valence-corrected chi connectivity index (χ1v) is 6.18. The van der Waals surface area contributed by atoms with Crippen molar-refractivity contribution in [2.45, 2.75) is 39.7 Å². The van der Waals surface area contributed by atoms with Gasteiger partial charge in [-0.3, -0.25) is 4.68 Å². The Hall–Kier alpha value is -0.540. The maximum atomic E-state index is 6.24. The average molecular weight is 244 g/mol. The van der Waals surface area contributed by atoms with E-state index in [1.54, 1.807) is 0 Å². The number of hydrogen-bond donors (Lipinski definition) is 1. The smallest absolute Gasteiger partial charge is 0.0847 e. The van der Waals surface area contributed by atoms with Gasteiger partial charge in [-0.15, -0.1) is 0 Å². The fourth-order valence-electron chi connectivity index (χ4n) is 2.01. The molecule has 0 aliphatic carbocycles. The van der Waals surface area contributed by atoms with Crippen LogP contribution >= 0.6 is 11.6 Å². The Balaban J connectivity index is 2.77. The number of hydrogen-bond acceptors (Lipinski definition) is 2. The van der Waals surface area contributed by atoms with Crippen LogP contribution in [0.3, 0.4) is 0 Å². The Morgan fingerprint density at radius 1 is 1.44 bits per heavy atom. The third-order valence-corrected chi connectivity index (χ3v) is 3.36. The molecule has 0 radical (unpaired) electrons. The summed E-state index contributed by atoms with van der Waals surface area (Å²) in [6.45, 7) is 6.42. The summed E-state index contributed by atoms with van der Waals surface area (Å²) in [6.07, 6.45) is 2.09. The highest BCUT2D eigenvalue weighted by molar-refractivity contribution is 6.31. The van der Waals surface area contributed by atoms with Crippen molar-refractivity contribution < 1.29 is 0 Å². The van der Waals surface area contributed by atoms with Crippen molar-refractivity contribution in [3.63, 3.8) is 0 Å². The molecule has 1 rings (SSSR count). The van der Waals surface area contributed by atoms with Crippen LogP contribution in [0.4, 0.5) is 0 Å². The van der Waals surface area contributed by atoms with Gasteiger partial charge < -0.3 is 5.32 Å². The molecule has 92 valence electrons. The molecule has 0 aliphatic heterocycles. The minimum atomic E-state index is 0.465. The number of likely N-dealkylation sites (N-methyl/N-ethyl adjacent to an activating group) is 1. The van der Waals surface area contributed by atoms with E-state index in [0.29, 0.717) is 12.0 Å². The minimum absolute atomic E-state index is 0.465. The molecule has 0 saturated carbocycles. The minimum Gasteiger partial charge on any atom is -0.317 e. The van der Waals surface area contributed by atoms with E-state index in [1.165, 1.54) is 0 Å². The number of halogens is 1. The predicted molar refractivity (Wildman–Crippen MR) is 69.0 cm³/mol. The van der Waals surface area contributed by atoms with Gasteiger partial charge in [0.25, 0.3) is 0 Å². The van der Waals surface area contributed by atoms with E-state index in [4.69, 9.17) is 11.6 Å². The van der Waals surface area contributed by atoms with Crippen LogP contribution in [0.25, 0.3) is 0 Å². The maximum absolute atomic E-state index is 6.24. The second-order valence-corrected chi connectivity index (χ2v) is 5.17. The lowest BCUT2D eigenvalue weighted by atomic mass is 10.00. The van der Waals surface area contributed by atoms with E-state index in [-0.39, 0.29) is 0 Å². The number of nitrogens with zero attached hydrogens (tertiary/aromatic N) is 2. The van der Waals surface area contributed by atoms with Crippen LogP contribution in [0.1, 0.15) is 31.7 Å². The number of aryl methyl sites for hydroxylation is 2. The van der Waals surface area contributed by atoms with Crippen molar-refractivity contribution in [2.75, 3.05) is 7.05 Å². The van der Waals surface area contributed by atoms with Crippen molar-refractivity contribution >= 4 is 11.6 Å². The van der Waals surface area contributed by atoms with E-state index < -0.39 is 0 Å². The van der Waals surface area contributed by atoms with Crippen LogP contribution in [0.5, 0.6) is 0 Å². The Morgan fingerprint density at radius 2 is 2.06 bits per heavy atom. The van der Waals surface area contributed by atoms with E-state index in [9.17, 15) is 0 Å². The SMILES string of the molecule is CNC(Cc1c(Cl)c(C)nn1C)CC(C)C. The van der Waals surface area contributed by atoms with Gasteiger partial charge in [0, 0.05) is 19.5 Å². The van der Waals surface area contributed by atoms with Crippen LogP contribution < -0.4 is 5.32 Å². The zero-order chi connectivity index (χ0) is 12.3. The van der Waals surface area contributed by atoms with Gasteiger partial charge in [0.2, 0.25) is 0 Å². The first-order valence-electron chi connectivity index (χ1n) is 5.81. The summed E-state index contributed by atoms with van der Waals surface area (Å²) in [5.41, 5.74) is 2.04. The van der Waals surface area contributed by atoms with Crippen LogP contribution in [-0.2, 0) is 13.5 Å². The molecular formula is C12H22ClN3. The van der Waals surface area contributed by atoms with E-state index in [1.807, 2.05) is 25.7 Å². The van der Waals surface area contributed by atoms with Gasteiger partial charge in [-0.05, 0) is 26.3 Å². The third kappa shape index (κ3) is 3.22. The van der Waals surface area contributed by atoms with E-state index in [0.717, 1.165) is 29.3 Å². The van der Waals surface area contributed by atoms with Crippen molar-refractivity contribution in [1.29, 1.82) is 0 Å². The summed E-state index contributed by atoms with van der Waals surface area (Å²) in [4.78, 5) is 0. The highest BCUT2D eigenvalue weighted by atomic mass is 35.5. The average Bonchev–Trinajstić information content (AvgIpc) is 2.43. The molecule has 0 aromatic carbocycles. The molecule has 1 heterocycles. The van der Waals surface area contributed by atoms with Crippen molar-refractivity contribution in [2.24, 2.45) is 13.0 Å². The molecule has 0 saturated heterocycles. The largest absolute Gasteiger partial charge is 0.317 e.